The van der Waals surface area contributed by atoms with Gasteiger partial charge in [-0.25, -0.2) is 9.59 Å². The Bertz CT molecular complexity index is 542. The molecule has 0 aliphatic rings. The van der Waals surface area contributed by atoms with Crippen molar-refractivity contribution >= 4 is 12.0 Å². The summed E-state index contributed by atoms with van der Waals surface area (Å²) in [7, 11) is 0. The lowest BCUT2D eigenvalue weighted by Crippen LogP contribution is -2.56. The number of hydrogen-bond donors (Lipinski definition) is 3. The van der Waals surface area contributed by atoms with Crippen LogP contribution in [0.2, 0.25) is 0 Å². The third kappa shape index (κ3) is 4.21. The van der Waals surface area contributed by atoms with Crippen LogP contribution in [0.4, 0.5) is 4.79 Å². The Balaban J connectivity index is 2.61. The lowest BCUT2D eigenvalue weighted by Gasteiger charge is -2.28. The topological polar surface area (TPSA) is 102 Å². The van der Waals surface area contributed by atoms with Crippen LogP contribution in [0.5, 0.6) is 0 Å². The van der Waals surface area contributed by atoms with Gasteiger partial charge in [0.25, 0.3) is 0 Å². The molecule has 6 nitrogen and oxygen atoms in total. The van der Waals surface area contributed by atoms with E-state index in [1.54, 1.807) is 38.1 Å². The van der Waals surface area contributed by atoms with E-state index in [4.69, 9.17) is 5.26 Å². The largest absolute Gasteiger partial charge is 0.480 e. The minimum absolute atomic E-state index is 0.265. The van der Waals surface area contributed by atoms with Crippen LogP contribution in [0.1, 0.15) is 37.8 Å². The number of nitrogens with one attached hydrogen (secondary N) is 2. The third-order valence-electron chi connectivity index (χ3n) is 3.51. The number of nitrogens with zero attached hydrogens (tertiary/aromatic N) is 1. The molecule has 21 heavy (non-hydrogen) atoms. The molecule has 3 N–H and O–H groups in total. The van der Waals surface area contributed by atoms with Crippen molar-refractivity contribution in [3.63, 3.8) is 0 Å². The Morgan fingerprint density at radius 1 is 1.24 bits per heavy atom. The van der Waals surface area contributed by atoms with Crippen LogP contribution in [-0.2, 0) is 11.3 Å². The molecule has 0 aliphatic heterocycles. The molecule has 0 atom stereocenters. The fourth-order valence-corrected chi connectivity index (χ4v) is 1.92. The monoisotopic (exact) mass is 289 g/mol. The van der Waals surface area contributed by atoms with Gasteiger partial charge >= 0.3 is 12.0 Å². The van der Waals surface area contributed by atoms with Crippen LogP contribution < -0.4 is 10.6 Å². The second-order valence-corrected chi connectivity index (χ2v) is 4.71. The number of aliphatic carboxylic acids is 1. The van der Waals surface area contributed by atoms with Gasteiger partial charge in [0, 0.05) is 6.54 Å². The molecule has 0 aliphatic carbocycles. The van der Waals surface area contributed by atoms with Crippen LogP contribution in [-0.4, -0.2) is 22.6 Å². The molecular formula is C15H19N3O3. The van der Waals surface area contributed by atoms with Crippen molar-refractivity contribution in [3.8, 4) is 6.07 Å². The van der Waals surface area contributed by atoms with Crippen LogP contribution in [0.25, 0.3) is 0 Å². The molecule has 6 heteroatoms. The Morgan fingerprint density at radius 2 is 1.81 bits per heavy atom. The van der Waals surface area contributed by atoms with Gasteiger partial charge in [-0.2, -0.15) is 5.26 Å². The Morgan fingerprint density at radius 3 is 2.24 bits per heavy atom. The van der Waals surface area contributed by atoms with Crippen molar-refractivity contribution in [2.75, 3.05) is 0 Å². The van der Waals surface area contributed by atoms with Crippen LogP contribution in [0, 0.1) is 11.3 Å². The van der Waals surface area contributed by atoms with Crippen LogP contribution in [0.15, 0.2) is 24.3 Å². The summed E-state index contributed by atoms with van der Waals surface area (Å²) in [5, 5.41) is 23.1. The summed E-state index contributed by atoms with van der Waals surface area (Å²) in [6.45, 7) is 3.71. The summed E-state index contributed by atoms with van der Waals surface area (Å²) < 4.78 is 0. The molecule has 0 radical (unpaired) electrons. The van der Waals surface area contributed by atoms with E-state index in [-0.39, 0.29) is 6.54 Å². The first-order valence-electron chi connectivity index (χ1n) is 6.76. The summed E-state index contributed by atoms with van der Waals surface area (Å²) in [6, 6.07) is 8.29. The minimum atomic E-state index is -1.24. The molecule has 0 unspecified atom stereocenters. The lowest BCUT2D eigenvalue weighted by molar-refractivity contribution is -0.144. The van der Waals surface area contributed by atoms with Crippen molar-refractivity contribution in [1.82, 2.24) is 10.6 Å². The molecule has 2 amide bonds. The minimum Gasteiger partial charge on any atom is -0.480 e. The van der Waals surface area contributed by atoms with Crippen LogP contribution >= 0.6 is 0 Å². The number of urea groups is 1. The van der Waals surface area contributed by atoms with E-state index >= 15 is 0 Å². The molecule has 112 valence electrons. The Kier molecular flexibility index (Phi) is 5.73. The fraction of sp³-hybridized carbons (Fsp3) is 0.400. The van der Waals surface area contributed by atoms with E-state index in [2.05, 4.69) is 10.6 Å². The molecule has 1 rings (SSSR count). The van der Waals surface area contributed by atoms with Gasteiger partial charge in [0.15, 0.2) is 0 Å². The molecule has 1 aromatic rings. The highest BCUT2D eigenvalue weighted by atomic mass is 16.4. The van der Waals surface area contributed by atoms with Gasteiger partial charge in [-0.1, -0.05) is 26.0 Å². The first-order chi connectivity index (χ1) is 9.97. The molecule has 0 fully saturated rings. The predicted octanol–water partition coefficient (Wildman–Crippen LogP) is 2.00. The molecule has 0 heterocycles. The average Bonchev–Trinajstić information content (AvgIpc) is 2.50. The highest BCUT2D eigenvalue weighted by molar-refractivity contribution is 5.86. The second kappa shape index (κ2) is 7.29. The number of carboxylic acid groups (broad SMARTS) is 1. The standard InChI is InChI=1S/C15H19N3O3/c1-3-15(4-2,13(19)20)18-14(21)17-10-12-7-5-11(9-16)6-8-12/h5-8H,3-4,10H2,1-2H3,(H,19,20)(H2,17,18,21). The Hall–Kier alpha value is -2.55. The van der Waals surface area contributed by atoms with Gasteiger partial charge in [0.2, 0.25) is 0 Å². The van der Waals surface area contributed by atoms with E-state index in [1.165, 1.54) is 0 Å². The number of carbonyl (C=O) groups excluding carboxylic acids is 1. The maximum atomic E-state index is 11.8. The van der Waals surface area contributed by atoms with E-state index in [9.17, 15) is 14.7 Å². The predicted molar refractivity (Wildman–Crippen MR) is 77.5 cm³/mol. The quantitative estimate of drug-likeness (QED) is 0.745. The average molecular weight is 289 g/mol. The van der Waals surface area contributed by atoms with E-state index in [1.807, 2.05) is 6.07 Å². The molecule has 1 aromatic carbocycles. The number of carboxylic acids is 1. The number of amides is 2. The fourth-order valence-electron chi connectivity index (χ4n) is 1.92. The van der Waals surface area contributed by atoms with E-state index < -0.39 is 17.5 Å². The van der Waals surface area contributed by atoms with Gasteiger partial charge in [0.05, 0.1) is 11.6 Å². The maximum Gasteiger partial charge on any atom is 0.329 e. The van der Waals surface area contributed by atoms with Crippen molar-refractivity contribution < 1.29 is 14.7 Å². The maximum absolute atomic E-state index is 11.8. The molecule has 0 spiro atoms. The second-order valence-electron chi connectivity index (χ2n) is 4.71. The zero-order valence-electron chi connectivity index (χ0n) is 12.1. The number of rotatable bonds is 6. The highest BCUT2D eigenvalue weighted by Gasteiger charge is 2.36. The van der Waals surface area contributed by atoms with Crippen molar-refractivity contribution in [2.24, 2.45) is 0 Å². The molecule has 0 aromatic heterocycles. The smallest absolute Gasteiger partial charge is 0.329 e. The Labute approximate surface area is 123 Å². The van der Waals surface area contributed by atoms with E-state index in [0.717, 1.165) is 5.56 Å². The third-order valence-corrected chi connectivity index (χ3v) is 3.51. The van der Waals surface area contributed by atoms with Crippen molar-refractivity contribution in [3.05, 3.63) is 35.4 Å². The molecule has 0 bridgehead atoms. The highest BCUT2D eigenvalue weighted by Crippen LogP contribution is 2.15. The van der Waals surface area contributed by atoms with Gasteiger partial charge < -0.3 is 15.7 Å². The summed E-state index contributed by atoms with van der Waals surface area (Å²) in [5.74, 6) is -1.04. The zero-order valence-corrected chi connectivity index (χ0v) is 12.1. The lowest BCUT2D eigenvalue weighted by atomic mass is 9.93. The molecule has 0 saturated carbocycles. The van der Waals surface area contributed by atoms with Crippen LogP contribution in [0.3, 0.4) is 0 Å². The molecule has 0 saturated heterocycles. The van der Waals surface area contributed by atoms with Crippen molar-refractivity contribution in [2.45, 2.75) is 38.8 Å². The summed E-state index contributed by atoms with van der Waals surface area (Å²) in [5.41, 5.74) is 0.137. The van der Waals surface area contributed by atoms with Gasteiger partial charge in [-0.3, -0.25) is 0 Å². The summed E-state index contributed by atoms with van der Waals surface area (Å²) >= 11 is 0. The summed E-state index contributed by atoms with van der Waals surface area (Å²) in [4.78, 5) is 23.1. The zero-order chi connectivity index (χ0) is 15.9. The van der Waals surface area contributed by atoms with Gasteiger partial charge in [-0.15, -0.1) is 0 Å². The SMILES string of the molecule is CCC(CC)(NC(=O)NCc1ccc(C#N)cc1)C(=O)O. The van der Waals surface area contributed by atoms with Gasteiger partial charge in [-0.05, 0) is 30.5 Å². The van der Waals surface area contributed by atoms with E-state index in [0.29, 0.717) is 18.4 Å². The van der Waals surface area contributed by atoms with Crippen molar-refractivity contribution in [1.29, 1.82) is 5.26 Å². The molecular weight excluding hydrogens is 270 g/mol. The summed E-state index contributed by atoms with van der Waals surface area (Å²) in [6.07, 6.45) is 0.617. The number of nitriles is 1. The first kappa shape index (κ1) is 16.5. The number of carbonyl (C=O) groups is 2. The van der Waals surface area contributed by atoms with Gasteiger partial charge in [0.1, 0.15) is 5.54 Å². The normalized spacial score (nSPS) is 10.5. The first-order valence-corrected chi connectivity index (χ1v) is 6.76. The number of benzene rings is 1. The number of hydrogen-bond acceptors (Lipinski definition) is 3.